The summed E-state index contributed by atoms with van der Waals surface area (Å²) in [5.74, 6) is -1.09. The van der Waals surface area contributed by atoms with Crippen molar-refractivity contribution in [1.82, 2.24) is 10.3 Å². The third-order valence-electron chi connectivity index (χ3n) is 3.03. The van der Waals surface area contributed by atoms with Crippen molar-refractivity contribution in [3.63, 3.8) is 0 Å². The van der Waals surface area contributed by atoms with Crippen molar-refractivity contribution in [2.24, 2.45) is 0 Å². The van der Waals surface area contributed by atoms with Gasteiger partial charge >= 0.3 is 5.97 Å². The highest BCUT2D eigenvalue weighted by Gasteiger charge is 2.18. The molecule has 116 valence electrons. The summed E-state index contributed by atoms with van der Waals surface area (Å²) in [4.78, 5) is 26.9. The van der Waals surface area contributed by atoms with Crippen LogP contribution in [-0.2, 0) is 16.0 Å². The zero-order chi connectivity index (χ0) is 16.1. The van der Waals surface area contributed by atoms with Crippen LogP contribution in [0.4, 0.5) is 0 Å². The molecular weight excluding hydrogens is 308 g/mol. The lowest BCUT2D eigenvalue weighted by Crippen LogP contribution is -2.41. The van der Waals surface area contributed by atoms with Crippen molar-refractivity contribution in [1.29, 1.82) is 0 Å². The highest BCUT2D eigenvalue weighted by molar-refractivity contribution is 6.30. The van der Waals surface area contributed by atoms with E-state index in [1.165, 1.54) is 6.26 Å². The summed E-state index contributed by atoms with van der Waals surface area (Å²) in [5.41, 5.74) is 1.18. The molecule has 2 aromatic rings. The van der Waals surface area contributed by atoms with Gasteiger partial charge in [-0.1, -0.05) is 18.5 Å². The molecule has 0 spiro atoms. The highest BCUT2D eigenvalue weighted by Crippen LogP contribution is 2.21. The van der Waals surface area contributed by atoms with Crippen LogP contribution >= 0.6 is 11.6 Å². The number of rotatable bonds is 6. The predicted molar refractivity (Wildman–Crippen MR) is 80.5 cm³/mol. The lowest BCUT2D eigenvalue weighted by atomic mass is 10.2. The molecule has 0 aliphatic rings. The summed E-state index contributed by atoms with van der Waals surface area (Å²) < 4.78 is 5.32. The van der Waals surface area contributed by atoms with Gasteiger partial charge in [0.15, 0.2) is 0 Å². The summed E-state index contributed by atoms with van der Waals surface area (Å²) in [6, 6.07) is 6.05. The Labute approximate surface area is 132 Å². The number of aromatic nitrogens is 1. The number of halogens is 1. The Balaban J connectivity index is 2.01. The highest BCUT2D eigenvalue weighted by atomic mass is 35.5. The summed E-state index contributed by atoms with van der Waals surface area (Å²) >= 11 is 5.81. The maximum absolute atomic E-state index is 11.8. The van der Waals surface area contributed by atoms with Gasteiger partial charge in [-0.3, -0.25) is 4.79 Å². The first-order chi connectivity index (χ1) is 10.5. The summed E-state index contributed by atoms with van der Waals surface area (Å²) in [7, 11) is 0. The van der Waals surface area contributed by atoms with Crippen molar-refractivity contribution < 1.29 is 19.1 Å². The molecule has 0 fully saturated rings. The van der Waals surface area contributed by atoms with Crippen molar-refractivity contribution in [3.8, 4) is 11.5 Å². The van der Waals surface area contributed by atoms with Gasteiger partial charge in [0, 0.05) is 10.6 Å². The molecule has 6 nitrogen and oxygen atoms in total. The van der Waals surface area contributed by atoms with E-state index in [1.807, 2.05) is 0 Å². The van der Waals surface area contributed by atoms with E-state index in [1.54, 1.807) is 31.2 Å². The molecule has 0 saturated carbocycles. The second-order valence-electron chi connectivity index (χ2n) is 4.69. The second kappa shape index (κ2) is 7.09. The molecule has 0 bridgehead atoms. The van der Waals surface area contributed by atoms with Crippen molar-refractivity contribution in [2.45, 2.75) is 25.8 Å². The zero-order valence-corrected chi connectivity index (χ0v) is 12.6. The summed E-state index contributed by atoms with van der Waals surface area (Å²) in [6.45, 7) is 1.69. The molecule has 1 atom stereocenters. The number of hydrogen-bond acceptors (Lipinski definition) is 4. The van der Waals surface area contributed by atoms with Gasteiger partial charge in [-0.15, -0.1) is 0 Å². The van der Waals surface area contributed by atoms with Crippen molar-refractivity contribution >= 4 is 23.5 Å². The van der Waals surface area contributed by atoms with Gasteiger partial charge in [0.05, 0.1) is 12.1 Å². The lowest BCUT2D eigenvalue weighted by molar-refractivity contribution is -0.141. The molecule has 1 amide bonds. The third-order valence-corrected chi connectivity index (χ3v) is 3.28. The Morgan fingerprint density at radius 2 is 2.05 bits per heavy atom. The van der Waals surface area contributed by atoms with Gasteiger partial charge in [0.1, 0.15) is 12.3 Å². The topological polar surface area (TPSA) is 92.4 Å². The second-order valence-corrected chi connectivity index (χ2v) is 5.13. The number of carbonyl (C=O) groups excluding carboxylic acids is 1. The molecule has 0 aliphatic heterocycles. The largest absolute Gasteiger partial charge is 0.480 e. The molecule has 0 saturated heterocycles. The van der Waals surface area contributed by atoms with Crippen LogP contribution in [0.1, 0.15) is 19.0 Å². The molecule has 1 heterocycles. The Hall–Kier alpha value is -2.34. The molecule has 0 radical (unpaired) electrons. The van der Waals surface area contributed by atoms with E-state index in [9.17, 15) is 9.59 Å². The molecule has 1 aromatic carbocycles. The van der Waals surface area contributed by atoms with Crippen LogP contribution in [0.25, 0.3) is 11.5 Å². The van der Waals surface area contributed by atoms with E-state index in [4.69, 9.17) is 21.1 Å². The first kappa shape index (κ1) is 16.0. The molecule has 1 aromatic heterocycles. The van der Waals surface area contributed by atoms with Crippen LogP contribution in [0.3, 0.4) is 0 Å². The Morgan fingerprint density at radius 1 is 1.36 bits per heavy atom. The number of hydrogen-bond donors (Lipinski definition) is 2. The number of oxazole rings is 1. The van der Waals surface area contributed by atoms with Gasteiger partial charge in [-0.2, -0.15) is 0 Å². The van der Waals surface area contributed by atoms with Crippen molar-refractivity contribution in [3.05, 3.63) is 41.2 Å². The van der Waals surface area contributed by atoms with Crippen LogP contribution in [0.15, 0.2) is 34.9 Å². The van der Waals surface area contributed by atoms with E-state index in [0.717, 1.165) is 5.56 Å². The monoisotopic (exact) mass is 322 g/mol. The number of benzene rings is 1. The fourth-order valence-electron chi connectivity index (χ4n) is 1.86. The average molecular weight is 323 g/mol. The minimum absolute atomic E-state index is 0.0408. The minimum Gasteiger partial charge on any atom is -0.480 e. The quantitative estimate of drug-likeness (QED) is 0.852. The standard InChI is InChI=1S/C15H15ClN2O4/c1-2-12(15(20)21)18-13(19)7-11-8-22-14(17-11)9-3-5-10(16)6-4-9/h3-6,8,12H,2,7H2,1H3,(H,18,19)(H,20,21). The van der Waals surface area contributed by atoms with Crippen LogP contribution in [0, 0.1) is 0 Å². The molecule has 2 N–H and O–H groups in total. The van der Waals surface area contributed by atoms with Gasteiger partial charge in [0.25, 0.3) is 0 Å². The maximum atomic E-state index is 11.8. The molecule has 2 rings (SSSR count). The van der Waals surface area contributed by atoms with E-state index >= 15 is 0 Å². The zero-order valence-electron chi connectivity index (χ0n) is 11.9. The smallest absolute Gasteiger partial charge is 0.326 e. The number of aliphatic carboxylic acids is 1. The van der Waals surface area contributed by atoms with E-state index < -0.39 is 17.9 Å². The Kier molecular flexibility index (Phi) is 5.16. The SMILES string of the molecule is CCC(NC(=O)Cc1coc(-c2ccc(Cl)cc2)n1)C(=O)O. The number of carboxylic acids is 1. The molecule has 1 unspecified atom stereocenters. The third kappa shape index (κ3) is 4.08. The van der Waals surface area contributed by atoms with E-state index in [-0.39, 0.29) is 6.42 Å². The molecular formula is C15H15ClN2O4. The number of nitrogens with one attached hydrogen (secondary N) is 1. The maximum Gasteiger partial charge on any atom is 0.326 e. The first-order valence-corrected chi connectivity index (χ1v) is 7.10. The van der Waals surface area contributed by atoms with Crippen molar-refractivity contribution in [2.75, 3.05) is 0 Å². The van der Waals surface area contributed by atoms with Crippen LogP contribution in [-0.4, -0.2) is 28.0 Å². The number of carbonyl (C=O) groups is 2. The Morgan fingerprint density at radius 3 is 2.64 bits per heavy atom. The van der Waals surface area contributed by atoms with Crippen LogP contribution < -0.4 is 5.32 Å². The van der Waals surface area contributed by atoms with E-state index in [0.29, 0.717) is 23.0 Å². The molecule has 0 aliphatic carbocycles. The van der Waals surface area contributed by atoms with Crippen LogP contribution in [0.5, 0.6) is 0 Å². The Bertz CT molecular complexity index is 666. The molecule has 7 heteroatoms. The van der Waals surface area contributed by atoms with Gasteiger partial charge < -0.3 is 14.8 Å². The molecule has 22 heavy (non-hydrogen) atoms. The van der Waals surface area contributed by atoms with Gasteiger partial charge in [-0.25, -0.2) is 9.78 Å². The van der Waals surface area contributed by atoms with Gasteiger partial charge in [-0.05, 0) is 30.7 Å². The summed E-state index contributed by atoms with van der Waals surface area (Å²) in [5, 5.41) is 11.9. The lowest BCUT2D eigenvalue weighted by Gasteiger charge is -2.11. The fourth-order valence-corrected chi connectivity index (χ4v) is 1.99. The van der Waals surface area contributed by atoms with Gasteiger partial charge in [0.2, 0.25) is 11.8 Å². The minimum atomic E-state index is -1.06. The van der Waals surface area contributed by atoms with E-state index in [2.05, 4.69) is 10.3 Å². The number of amides is 1. The fraction of sp³-hybridized carbons (Fsp3) is 0.267. The first-order valence-electron chi connectivity index (χ1n) is 6.72. The normalized spacial score (nSPS) is 11.9. The average Bonchev–Trinajstić information content (AvgIpc) is 2.93. The number of carboxylic acid groups (broad SMARTS) is 1. The number of nitrogens with zero attached hydrogens (tertiary/aromatic N) is 1. The predicted octanol–water partition coefficient (Wildman–Crippen LogP) is 2.52. The van der Waals surface area contributed by atoms with Crippen LogP contribution in [0.2, 0.25) is 5.02 Å². The summed E-state index contributed by atoms with van der Waals surface area (Å²) in [6.07, 6.45) is 1.65.